The molecule has 3 aromatic rings. The summed E-state index contributed by atoms with van der Waals surface area (Å²) in [7, 11) is 0. The molecular weight excluding hydrogens is 400 g/mol. The summed E-state index contributed by atoms with van der Waals surface area (Å²) in [4.78, 5) is 32.1. The largest absolute Gasteiger partial charge is 0.317 e. The van der Waals surface area contributed by atoms with Gasteiger partial charge in [-0.15, -0.1) is 0 Å². The van der Waals surface area contributed by atoms with Gasteiger partial charge >= 0.3 is 0 Å². The molecule has 6 nitrogen and oxygen atoms in total. The van der Waals surface area contributed by atoms with Crippen LogP contribution in [0.3, 0.4) is 0 Å². The molecule has 1 fully saturated rings. The normalized spacial score (nSPS) is 19.9. The molecule has 2 bridgehead atoms. The van der Waals surface area contributed by atoms with Crippen LogP contribution in [0, 0.1) is 5.92 Å². The van der Waals surface area contributed by atoms with Gasteiger partial charge in [-0.3, -0.25) is 14.6 Å². The second-order valence-corrected chi connectivity index (χ2v) is 8.93. The maximum absolute atomic E-state index is 13.1. The molecule has 2 atom stereocenters. The molecule has 0 aliphatic carbocycles. The molecule has 1 saturated heterocycles. The summed E-state index contributed by atoms with van der Waals surface area (Å²) in [5.41, 5.74) is 3.22. The number of nitrogens with one attached hydrogen (secondary N) is 1. The first-order valence-corrected chi connectivity index (χ1v) is 11.4. The van der Waals surface area contributed by atoms with Crippen molar-refractivity contribution in [3.8, 4) is 0 Å². The van der Waals surface area contributed by atoms with Crippen LogP contribution in [0.25, 0.3) is 0 Å². The van der Waals surface area contributed by atoms with Crippen LogP contribution in [0.2, 0.25) is 0 Å². The Balaban J connectivity index is 1.26. The molecule has 0 unspecified atom stereocenters. The van der Waals surface area contributed by atoms with E-state index in [1.807, 2.05) is 10.6 Å². The van der Waals surface area contributed by atoms with E-state index in [9.17, 15) is 9.59 Å². The molecule has 1 aromatic carbocycles. The summed E-state index contributed by atoms with van der Waals surface area (Å²) in [5.74, 6) is 0.560. The number of aryl methyl sites for hydroxylation is 1. The van der Waals surface area contributed by atoms with Crippen molar-refractivity contribution in [2.45, 2.75) is 31.7 Å². The minimum atomic E-state index is -0.286. The van der Waals surface area contributed by atoms with Crippen molar-refractivity contribution in [1.29, 1.82) is 0 Å². The number of rotatable bonds is 6. The van der Waals surface area contributed by atoms with Gasteiger partial charge in [0.2, 0.25) is 0 Å². The van der Waals surface area contributed by atoms with Crippen molar-refractivity contribution >= 4 is 11.6 Å². The fourth-order valence-corrected chi connectivity index (χ4v) is 5.17. The number of benzene rings is 1. The van der Waals surface area contributed by atoms with E-state index >= 15 is 0 Å². The molecule has 1 N–H and O–H groups in total. The van der Waals surface area contributed by atoms with E-state index in [4.69, 9.17) is 0 Å². The fraction of sp³-hybridized carbons (Fsp3) is 0.346. The lowest BCUT2D eigenvalue weighted by Gasteiger charge is -2.43. The number of hydrogen-bond acceptors (Lipinski definition) is 4. The molecule has 164 valence electrons. The van der Waals surface area contributed by atoms with Gasteiger partial charge in [0.25, 0.3) is 11.5 Å². The quantitative estimate of drug-likeness (QED) is 0.652. The molecule has 2 aromatic heterocycles. The smallest absolute Gasteiger partial charge is 0.274 e. The van der Waals surface area contributed by atoms with Crippen LogP contribution in [0.4, 0.5) is 5.69 Å². The van der Waals surface area contributed by atoms with Crippen molar-refractivity contribution in [2.75, 3.05) is 25.0 Å². The molecule has 5 rings (SSSR count). The second kappa shape index (κ2) is 9.09. The lowest BCUT2D eigenvalue weighted by Crippen LogP contribution is -2.47. The van der Waals surface area contributed by atoms with Crippen molar-refractivity contribution in [3.63, 3.8) is 0 Å². The number of aromatic nitrogens is 2. The number of carbonyl (C=O) groups excluding carboxylic acids is 1. The number of carbonyl (C=O) groups is 1. The van der Waals surface area contributed by atoms with Gasteiger partial charge in [0.1, 0.15) is 5.69 Å². The monoisotopic (exact) mass is 428 g/mol. The zero-order valence-electron chi connectivity index (χ0n) is 18.1. The Labute approximate surface area is 187 Å². The molecular formula is C26H28N4O2. The molecule has 0 spiro atoms. The Morgan fingerprint density at radius 1 is 1.00 bits per heavy atom. The first-order chi connectivity index (χ1) is 15.7. The Kier molecular flexibility index (Phi) is 5.86. The van der Waals surface area contributed by atoms with Gasteiger partial charge in [0.05, 0.1) is 0 Å². The number of piperidine rings is 1. The average molecular weight is 429 g/mol. The Morgan fingerprint density at radius 3 is 2.62 bits per heavy atom. The van der Waals surface area contributed by atoms with Crippen molar-refractivity contribution in [2.24, 2.45) is 5.92 Å². The van der Waals surface area contributed by atoms with Crippen LogP contribution >= 0.6 is 0 Å². The minimum absolute atomic E-state index is 0.0999. The highest BCUT2D eigenvalue weighted by molar-refractivity contribution is 6.04. The Hall–Kier alpha value is -3.25. The molecule has 1 amide bonds. The molecule has 0 saturated carbocycles. The van der Waals surface area contributed by atoms with Gasteiger partial charge in [-0.2, -0.15) is 0 Å². The zero-order chi connectivity index (χ0) is 21.9. The van der Waals surface area contributed by atoms with E-state index in [2.05, 4.69) is 45.5 Å². The van der Waals surface area contributed by atoms with Crippen LogP contribution in [-0.2, 0) is 13.0 Å². The number of pyridine rings is 2. The van der Waals surface area contributed by atoms with Crippen LogP contribution in [0.15, 0.2) is 71.8 Å². The van der Waals surface area contributed by atoms with Crippen LogP contribution in [-0.4, -0.2) is 40.0 Å². The predicted molar refractivity (Wildman–Crippen MR) is 125 cm³/mol. The number of amides is 1. The molecule has 2 aliphatic heterocycles. The second-order valence-electron chi connectivity index (χ2n) is 8.93. The summed E-state index contributed by atoms with van der Waals surface area (Å²) in [6, 6.07) is 17.7. The topological polar surface area (TPSA) is 67.2 Å². The third kappa shape index (κ3) is 4.36. The summed E-state index contributed by atoms with van der Waals surface area (Å²) in [5, 5.41) is 2.78. The highest BCUT2D eigenvalue weighted by Gasteiger charge is 2.34. The molecule has 2 aliphatic rings. The summed E-state index contributed by atoms with van der Waals surface area (Å²) < 4.78 is 1.89. The van der Waals surface area contributed by atoms with Crippen molar-refractivity contribution in [3.05, 3.63) is 94.2 Å². The first kappa shape index (κ1) is 20.6. The molecule has 6 heteroatoms. The van der Waals surface area contributed by atoms with E-state index < -0.39 is 0 Å². The lowest BCUT2D eigenvalue weighted by atomic mass is 9.83. The predicted octanol–water partition coefficient (Wildman–Crippen LogP) is 3.55. The van der Waals surface area contributed by atoms with Gasteiger partial charge in [0.15, 0.2) is 0 Å². The highest BCUT2D eigenvalue weighted by Crippen LogP contribution is 2.35. The zero-order valence-corrected chi connectivity index (χ0v) is 18.1. The summed E-state index contributed by atoms with van der Waals surface area (Å²) >= 11 is 0. The molecule has 32 heavy (non-hydrogen) atoms. The third-order valence-electron chi connectivity index (χ3n) is 6.65. The van der Waals surface area contributed by atoms with Crippen molar-refractivity contribution < 1.29 is 4.79 Å². The van der Waals surface area contributed by atoms with Gasteiger partial charge in [0, 0.05) is 49.2 Å². The SMILES string of the molecule is O=C(Nc1ccc2n(c1=O)C[C@H]1C[C@@H]2CN(CCCc2ccccc2)C1)c1ccncc1. The standard InChI is InChI=1S/C26H28N4O2/c31-25(21-10-12-27-13-11-21)28-23-8-9-24-22-15-20(17-30(24)26(23)32)16-29(18-22)14-4-7-19-5-2-1-3-6-19/h1-3,5-6,8-13,20,22H,4,7,14-18H2,(H,28,31)/t20-,22+/m0/s1. The van der Waals surface area contributed by atoms with Crippen molar-refractivity contribution in [1.82, 2.24) is 14.5 Å². The van der Waals surface area contributed by atoms with E-state index in [1.54, 1.807) is 30.6 Å². The van der Waals surface area contributed by atoms with Gasteiger partial charge < -0.3 is 14.8 Å². The van der Waals surface area contributed by atoms with E-state index in [-0.39, 0.29) is 11.5 Å². The van der Waals surface area contributed by atoms with Gasteiger partial charge in [-0.25, -0.2) is 0 Å². The number of fused-ring (bicyclic) bond motifs is 4. The number of hydrogen-bond donors (Lipinski definition) is 1. The molecule has 4 heterocycles. The average Bonchev–Trinajstić information content (AvgIpc) is 2.82. The lowest BCUT2D eigenvalue weighted by molar-refractivity contribution is 0.102. The number of anilines is 1. The van der Waals surface area contributed by atoms with Gasteiger partial charge in [-0.05, 0) is 61.6 Å². The fourth-order valence-electron chi connectivity index (χ4n) is 5.17. The van der Waals surface area contributed by atoms with E-state index in [0.29, 0.717) is 23.1 Å². The molecule has 0 radical (unpaired) electrons. The number of likely N-dealkylation sites (tertiary alicyclic amines) is 1. The Bertz CT molecular complexity index is 1140. The van der Waals surface area contributed by atoms with Gasteiger partial charge in [-0.1, -0.05) is 30.3 Å². The van der Waals surface area contributed by atoms with E-state index in [1.165, 1.54) is 5.56 Å². The maximum atomic E-state index is 13.1. The Morgan fingerprint density at radius 2 is 1.81 bits per heavy atom. The minimum Gasteiger partial charge on any atom is -0.317 e. The van der Waals surface area contributed by atoms with Crippen LogP contribution in [0.1, 0.15) is 40.4 Å². The summed E-state index contributed by atoms with van der Waals surface area (Å²) in [6.07, 6.45) is 6.53. The summed E-state index contributed by atoms with van der Waals surface area (Å²) in [6.45, 7) is 3.84. The highest BCUT2D eigenvalue weighted by atomic mass is 16.2. The first-order valence-electron chi connectivity index (χ1n) is 11.4. The number of nitrogens with zero attached hydrogens (tertiary/aromatic N) is 3. The van der Waals surface area contributed by atoms with Crippen LogP contribution in [0.5, 0.6) is 0 Å². The third-order valence-corrected chi connectivity index (χ3v) is 6.65. The van der Waals surface area contributed by atoms with E-state index in [0.717, 1.165) is 51.1 Å². The maximum Gasteiger partial charge on any atom is 0.274 e. The van der Waals surface area contributed by atoms with Crippen LogP contribution < -0.4 is 10.9 Å².